The monoisotopic (exact) mass is 297 g/mol. The molecule has 3 heteroatoms. The maximum atomic E-state index is 6.20. The number of hydrogen-bond acceptors (Lipinski definition) is 2. The summed E-state index contributed by atoms with van der Waals surface area (Å²) in [4.78, 5) is 0. The summed E-state index contributed by atoms with van der Waals surface area (Å²) in [6.45, 7) is 2.22. The van der Waals surface area contributed by atoms with Crippen LogP contribution in [0.3, 0.4) is 0 Å². The molecule has 1 aromatic rings. The lowest BCUT2D eigenvalue weighted by Gasteiger charge is -2.30. The number of fused-ring (bicyclic) bond motifs is 1. The van der Waals surface area contributed by atoms with Crippen molar-refractivity contribution in [2.45, 2.75) is 51.2 Å². The van der Waals surface area contributed by atoms with E-state index in [9.17, 15) is 0 Å². The van der Waals surface area contributed by atoms with Crippen LogP contribution in [0.25, 0.3) is 0 Å². The van der Waals surface area contributed by atoms with Gasteiger partial charge in [-0.25, -0.2) is 0 Å². The van der Waals surface area contributed by atoms with Crippen molar-refractivity contribution in [1.29, 1.82) is 0 Å². The van der Waals surface area contributed by atoms with Crippen LogP contribution < -0.4 is 10.5 Å². The third kappa shape index (κ3) is 3.23. The molecule has 0 radical (unpaired) electrons. The molecule has 1 aromatic carbocycles. The maximum Gasteiger partial charge on any atom is 0.125 e. The molecular weight excluding hydrogens is 278 g/mol. The van der Waals surface area contributed by atoms with Gasteiger partial charge < -0.3 is 10.5 Å². The molecule has 2 atom stereocenters. The standard InChI is InChI=1S/C14H20BrNO/c1-2-3-4-5-11-9-13(16)12-7-6-10(15)8-14(12)17-11/h6-8,11,13H,2-5,9,16H2,1H3/t11?,13-/m1/s1. The summed E-state index contributed by atoms with van der Waals surface area (Å²) in [5, 5.41) is 0. The predicted octanol–water partition coefficient (Wildman–Crippen LogP) is 4.18. The summed E-state index contributed by atoms with van der Waals surface area (Å²) in [5.74, 6) is 0.958. The fourth-order valence-corrected chi connectivity index (χ4v) is 2.69. The quantitative estimate of drug-likeness (QED) is 0.846. The van der Waals surface area contributed by atoms with Crippen molar-refractivity contribution < 1.29 is 4.74 Å². The highest BCUT2D eigenvalue weighted by molar-refractivity contribution is 9.10. The Balaban J connectivity index is 2.04. The zero-order valence-corrected chi connectivity index (χ0v) is 11.9. The van der Waals surface area contributed by atoms with Gasteiger partial charge in [-0.3, -0.25) is 0 Å². The van der Waals surface area contributed by atoms with E-state index in [0.717, 1.165) is 28.6 Å². The molecule has 1 aliphatic rings. The van der Waals surface area contributed by atoms with Gasteiger partial charge in [0.1, 0.15) is 11.9 Å². The van der Waals surface area contributed by atoms with Gasteiger partial charge in [-0.2, -0.15) is 0 Å². The minimum atomic E-state index is 0.124. The van der Waals surface area contributed by atoms with Crippen molar-refractivity contribution in [3.05, 3.63) is 28.2 Å². The fourth-order valence-electron chi connectivity index (χ4n) is 2.35. The van der Waals surface area contributed by atoms with E-state index < -0.39 is 0 Å². The molecule has 1 heterocycles. The van der Waals surface area contributed by atoms with Gasteiger partial charge in [0.2, 0.25) is 0 Å². The van der Waals surface area contributed by atoms with Gasteiger partial charge in [0, 0.05) is 22.5 Å². The average molecular weight is 298 g/mol. The summed E-state index contributed by atoms with van der Waals surface area (Å²) in [5.41, 5.74) is 7.33. The van der Waals surface area contributed by atoms with Crippen molar-refractivity contribution in [2.75, 3.05) is 0 Å². The van der Waals surface area contributed by atoms with Crippen LogP contribution in [-0.2, 0) is 0 Å². The Hall–Kier alpha value is -0.540. The van der Waals surface area contributed by atoms with Gasteiger partial charge in [0.25, 0.3) is 0 Å². The van der Waals surface area contributed by atoms with Crippen LogP contribution in [0.1, 0.15) is 50.6 Å². The zero-order valence-electron chi connectivity index (χ0n) is 10.3. The van der Waals surface area contributed by atoms with Gasteiger partial charge in [0.05, 0.1) is 0 Å². The molecule has 1 aliphatic heterocycles. The fraction of sp³-hybridized carbons (Fsp3) is 0.571. The highest BCUT2D eigenvalue weighted by Gasteiger charge is 2.25. The van der Waals surface area contributed by atoms with Crippen LogP contribution >= 0.6 is 15.9 Å². The SMILES string of the molecule is CCCCCC1C[C@@H](N)c2ccc(Br)cc2O1. The second-order valence-electron chi connectivity index (χ2n) is 4.76. The normalized spacial score (nSPS) is 23.0. The van der Waals surface area contributed by atoms with Crippen LogP contribution in [0.2, 0.25) is 0 Å². The topological polar surface area (TPSA) is 35.2 Å². The summed E-state index contributed by atoms with van der Waals surface area (Å²) >= 11 is 3.47. The second kappa shape index (κ2) is 5.87. The molecular formula is C14H20BrNO. The van der Waals surface area contributed by atoms with E-state index in [1.807, 2.05) is 12.1 Å². The van der Waals surface area contributed by atoms with Crippen molar-refractivity contribution in [2.24, 2.45) is 5.73 Å². The van der Waals surface area contributed by atoms with Gasteiger partial charge in [0.15, 0.2) is 0 Å². The third-order valence-electron chi connectivity index (χ3n) is 3.32. The zero-order chi connectivity index (χ0) is 12.3. The first-order valence-corrected chi connectivity index (χ1v) is 7.21. The van der Waals surface area contributed by atoms with Crippen molar-refractivity contribution in [3.8, 4) is 5.75 Å². The van der Waals surface area contributed by atoms with Crippen LogP contribution in [0.15, 0.2) is 22.7 Å². The molecule has 2 rings (SSSR count). The van der Waals surface area contributed by atoms with Crippen molar-refractivity contribution in [3.63, 3.8) is 0 Å². The summed E-state index contributed by atoms with van der Waals surface area (Å²) in [6, 6.07) is 6.24. The van der Waals surface area contributed by atoms with E-state index in [1.165, 1.54) is 19.3 Å². The Morgan fingerprint density at radius 2 is 2.24 bits per heavy atom. The third-order valence-corrected chi connectivity index (χ3v) is 3.81. The Morgan fingerprint density at radius 1 is 1.41 bits per heavy atom. The van der Waals surface area contributed by atoms with Crippen LogP contribution in [0, 0.1) is 0 Å². The number of rotatable bonds is 4. The molecule has 0 amide bonds. The number of halogens is 1. The second-order valence-corrected chi connectivity index (χ2v) is 5.68. The Labute approximate surface area is 112 Å². The number of ether oxygens (including phenoxy) is 1. The largest absolute Gasteiger partial charge is 0.490 e. The minimum Gasteiger partial charge on any atom is -0.490 e. The smallest absolute Gasteiger partial charge is 0.125 e. The Kier molecular flexibility index (Phi) is 4.46. The molecule has 0 spiro atoms. The molecule has 0 aromatic heterocycles. The molecule has 17 heavy (non-hydrogen) atoms. The van der Waals surface area contributed by atoms with E-state index in [0.29, 0.717) is 6.10 Å². The molecule has 2 N–H and O–H groups in total. The summed E-state index contributed by atoms with van der Waals surface area (Å²) < 4.78 is 7.07. The molecule has 0 saturated carbocycles. The van der Waals surface area contributed by atoms with Crippen LogP contribution in [0.5, 0.6) is 5.75 Å². The van der Waals surface area contributed by atoms with Crippen LogP contribution in [-0.4, -0.2) is 6.10 Å². The number of hydrogen-bond donors (Lipinski definition) is 1. The number of nitrogens with two attached hydrogens (primary N) is 1. The first kappa shape index (κ1) is 12.9. The predicted molar refractivity (Wildman–Crippen MR) is 74.2 cm³/mol. The summed E-state index contributed by atoms with van der Waals surface area (Å²) in [7, 11) is 0. The number of unbranched alkanes of at least 4 members (excludes halogenated alkanes) is 2. The van der Waals surface area contributed by atoms with Crippen molar-refractivity contribution in [1.82, 2.24) is 0 Å². The van der Waals surface area contributed by atoms with E-state index in [2.05, 4.69) is 28.9 Å². The maximum absolute atomic E-state index is 6.20. The van der Waals surface area contributed by atoms with Gasteiger partial charge in [-0.1, -0.05) is 41.8 Å². The Morgan fingerprint density at radius 3 is 3.00 bits per heavy atom. The van der Waals surface area contributed by atoms with Crippen molar-refractivity contribution >= 4 is 15.9 Å². The summed E-state index contributed by atoms with van der Waals surface area (Å²) in [6.07, 6.45) is 6.11. The lowest BCUT2D eigenvalue weighted by Crippen LogP contribution is -2.29. The van der Waals surface area contributed by atoms with Gasteiger partial charge in [-0.15, -0.1) is 0 Å². The molecule has 0 saturated heterocycles. The highest BCUT2D eigenvalue weighted by Crippen LogP contribution is 2.36. The van der Waals surface area contributed by atoms with Gasteiger partial charge in [-0.05, 0) is 25.0 Å². The van der Waals surface area contributed by atoms with E-state index in [1.54, 1.807) is 0 Å². The molecule has 94 valence electrons. The average Bonchev–Trinajstić information content (AvgIpc) is 2.28. The lowest BCUT2D eigenvalue weighted by molar-refractivity contribution is 0.147. The first-order chi connectivity index (χ1) is 8.20. The van der Waals surface area contributed by atoms with E-state index >= 15 is 0 Å². The molecule has 0 fully saturated rings. The number of benzene rings is 1. The van der Waals surface area contributed by atoms with E-state index in [-0.39, 0.29) is 6.04 Å². The highest BCUT2D eigenvalue weighted by atomic mass is 79.9. The Bertz CT molecular complexity index is 380. The molecule has 1 unspecified atom stereocenters. The minimum absolute atomic E-state index is 0.124. The lowest BCUT2D eigenvalue weighted by atomic mass is 9.95. The van der Waals surface area contributed by atoms with Gasteiger partial charge >= 0.3 is 0 Å². The molecule has 2 nitrogen and oxygen atoms in total. The van der Waals surface area contributed by atoms with E-state index in [4.69, 9.17) is 10.5 Å². The molecule has 0 bridgehead atoms. The molecule has 0 aliphatic carbocycles. The van der Waals surface area contributed by atoms with Crippen LogP contribution in [0.4, 0.5) is 0 Å². The first-order valence-electron chi connectivity index (χ1n) is 6.42.